The molecule has 0 saturated carbocycles. The van der Waals surface area contributed by atoms with Gasteiger partial charge in [-0.15, -0.1) is 11.3 Å². The van der Waals surface area contributed by atoms with Crippen molar-refractivity contribution in [2.24, 2.45) is 0 Å². The Labute approximate surface area is 152 Å². The number of halogens is 1. The van der Waals surface area contributed by atoms with Gasteiger partial charge in [-0.1, -0.05) is 0 Å². The molecule has 1 heterocycles. The van der Waals surface area contributed by atoms with Gasteiger partial charge in [0.25, 0.3) is 0 Å². The Morgan fingerprint density at radius 1 is 1.12 bits per heavy atom. The van der Waals surface area contributed by atoms with Crippen molar-refractivity contribution in [2.75, 3.05) is 0 Å². The van der Waals surface area contributed by atoms with Crippen LogP contribution in [0.3, 0.4) is 0 Å². The van der Waals surface area contributed by atoms with E-state index in [1.54, 1.807) is 5.38 Å². The van der Waals surface area contributed by atoms with Crippen LogP contribution in [0.2, 0.25) is 0 Å². The lowest BCUT2D eigenvalue weighted by atomic mass is 10.2. The molecule has 26 heavy (non-hydrogen) atoms. The Balaban J connectivity index is 1.53. The molecule has 8 heteroatoms. The van der Waals surface area contributed by atoms with Crippen molar-refractivity contribution in [3.05, 3.63) is 69.9 Å². The van der Waals surface area contributed by atoms with Gasteiger partial charge in [-0.05, 0) is 36.4 Å². The predicted octanol–water partition coefficient (Wildman–Crippen LogP) is 3.63. The molecule has 0 saturated heterocycles. The third-order valence-electron chi connectivity index (χ3n) is 3.33. The first-order valence-electron chi connectivity index (χ1n) is 7.52. The van der Waals surface area contributed by atoms with Gasteiger partial charge >= 0.3 is 5.97 Å². The number of esters is 1. The van der Waals surface area contributed by atoms with Crippen molar-refractivity contribution in [3.8, 4) is 17.2 Å². The van der Waals surface area contributed by atoms with Crippen molar-refractivity contribution < 1.29 is 28.9 Å². The fourth-order valence-electron chi connectivity index (χ4n) is 2.07. The van der Waals surface area contributed by atoms with E-state index in [4.69, 9.17) is 9.47 Å². The number of aromatic nitrogens is 1. The average Bonchev–Trinajstić information content (AvgIpc) is 3.07. The molecule has 0 bridgehead atoms. The minimum atomic E-state index is -0.723. The number of benzene rings is 2. The molecule has 0 aliphatic rings. The second-order valence-electron chi connectivity index (χ2n) is 5.25. The van der Waals surface area contributed by atoms with Gasteiger partial charge in [0.05, 0.1) is 5.69 Å². The summed E-state index contributed by atoms with van der Waals surface area (Å²) in [5.74, 6) is -1.04. The van der Waals surface area contributed by atoms with Crippen LogP contribution in [-0.2, 0) is 18.0 Å². The van der Waals surface area contributed by atoms with Crippen LogP contribution in [0.5, 0.6) is 17.2 Å². The van der Waals surface area contributed by atoms with Gasteiger partial charge < -0.3 is 19.7 Å². The molecule has 134 valence electrons. The lowest BCUT2D eigenvalue weighted by molar-refractivity contribution is 0.0465. The Bertz CT molecular complexity index is 910. The van der Waals surface area contributed by atoms with E-state index in [2.05, 4.69) is 4.98 Å². The molecule has 3 rings (SSSR count). The molecule has 0 fully saturated rings. The lowest BCUT2D eigenvalue weighted by Gasteiger charge is -2.05. The SMILES string of the molecule is O=C(OCc1csc(COc2ccc(F)cc2)n1)c1ccc(O)cc1O. The van der Waals surface area contributed by atoms with Crippen molar-refractivity contribution in [2.45, 2.75) is 13.2 Å². The van der Waals surface area contributed by atoms with Gasteiger partial charge in [0.15, 0.2) is 0 Å². The van der Waals surface area contributed by atoms with Crippen molar-refractivity contribution in [1.82, 2.24) is 4.98 Å². The summed E-state index contributed by atoms with van der Waals surface area (Å²) < 4.78 is 23.4. The summed E-state index contributed by atoms with van der Waals surface area (Å²) >= 11 is 1.34. The molecule has 0 unspecified atom stereocenters. The highest BCUT2D eigenvalue weighted by molar-refractivity contribution is 7.09. The fraction of sp³-hybridized carbons (Fsp3) is 0.111. The Morgan fingerprint density at radius 2 is 1.88 bits per heavy atom. The van der Waals surface area contributed by atoms with Gasteiger partial charge in [-0.25, -0.2) is 14.2 Å². The summed E-state index contributed by atoms with van der Waals surface area (Å²) in [6.45, 7) is 0.148. The number of nitrogens with zero attached hydrogens (tertiary/aromatic N) is 1. The fourth-order valence-corrected chi connectivity index (χ4v) is 2.76. The van der Waals surface area contributed by atoms with Crippen LogP contribution in [-0.4, -0.2) is 21.2 Å². The van der Waals surface area contributed by atoms with Crippen LogP contribution < -0.4 is 4.74 Å². The maximum absolute atomic E-state index is 12.8. The average molecular weight is 375 g/mol. The monoisotopic (exact) mass is 375 g/mol. The van der Waals surface area contributed by atoms with Crippen LogP contribution in [0.1, 0.15) is 21.1 Å². The predicted molar refractivity (Wildman–Crippen MR) is 91.7 cm³/mol. The van der Waals surface area contributed by atoms with Gasteiger partial charge in [-0.2, -0.15) is 0 Å². The van der Waals surface area contributed by atoms with E-state index in [0.717, 1.165) is 6.07 Å². The summed E-state index contributed by atoms with van der Waals surface area (Å²) in [7, 11) is 0. The highest BCUT2D eigenvalue weighted by Crippen LogP contribution is 2.23. The number of aromatic hydroxyl groups is 2. The lowest BCUT2D eigenvalue weighted by Crippen LogP contribution is -2.06. The molecule has 2 aromatic carbocycles. The summed E-state index contributed by atoms with van der Waals surface area (Å²) in [6, 6.07) is 9.28. The number of phenolic OH excluding ortho intramolecular Hbond substituents is 2. The maximum Gasteiger partial charge on any atom is 0.342 e. The zero-order valence-electron chi connectivity index (χ0n) is 13.4. The molecule has 0 radical (unpaired) electrons. The third kappa shape index (κ3) is 4.48. The number of rotatable bonds is 6. The molecule has 1 aromatic heterocycles. The number of hydrogen-bond donors (Lipinski definition) is 2. The number of phenols is 2. The zero-order chi connectivity index (χ0) is 18.5. The molecule has 0 spiro atoms. The first kappa shape index (κ1) is 17.7. The number of thiazole rings is 1. The first-order valence-corrected chi connectivity index (χ1v) is 8.40. The normalized spacial score (nSPS) is 10.5. The van der Waals surface area contributed by atoms with Crippen molar-refractivity contribution in [3.63, 3.8) is 0 Å². The largest absolute Gasteiger partial charge is 0.508 e. The zero-order valence-corrected chi connectivity index (χ0v) is 14.2. The number of carbonyl (C=O) groups is 1. The standard InChI is InChI=1S/C18H14FNO5S/c19-11-1-4-14(5-2-11)24-9-17-20-12(10-26-17)8-25-18(23)15-6-3-13(21)7-16(15)22/h1-7,10,21-22H,8-9H2. The minimum absolute atomic E-state index is 0.0436. The minimum Gasteiger partial charge on any atom is -0.508 e. The van der Waals surface area contributed by atoms with Gasteiger partial charge in [0.2, 0.25) is 0 Å². The highest BCUT2D eigenvalue weighted by Gasteiger charge is 2.14. The molecular weight excluding hydrogens is 361 g/mol. The quantitative estimate of drug-likeness (QED) is 0.640. The van der Waals surface area contributed by atoms with E-state index >= 15 is 0 Å². The van der Waals surface area contributed by atoms with Crippen molar-refractivity contribution in [1.29, 1.82) is 0 Å². The molecule has 0 aliphatic carbocycles. The summed E-state index contributed by atoms with van der Waals surface area (Å²) in [4.78, 5) is 16.2. The number of carbonyl (C=O) groups excluding carboxylic acids is 1. The highest BCUT2D eigenvalue weighted by atomic mass is 32.1. The van der Waals surface area contributed by atoms with Gasteiger partial charge in [-0.3, -0.25) is 0 Å². The van der Waals surface area contributed by atoms with Crippen LogP contribution in [0.15, 0.2) is 47.8 Å². The van der Waals surface area contributed by atoms with Crippen LogP contribution in [0.25, 0.3) is 0 Å². The smallest absolute Gasteiger partial charge is 0.342 e. The Morgan fingerprint density at radius 3 is 2.62 bits per heavy atom. The molecule has 0 amide bonds. The number of ether oxygens (including phenoxy) is 2. The van der Waals surface area contributed by atoms with E-state index in [0.29, 0.717) is 16.5 Å². The van der Waals surface area contributed by atoms with Gasteiger partial charge in [0, 0.05) is 11.4 Å². The molecule has 0 aliphatic heterocycles. The Hall–Kier alpha value is -3.13. The molecule has 0 atom stereocenters. The maximum atomic E-state index is 12.8. The summed E-state index contributed by atoms with van der Waals surface area (Å²) in [6.07, 6.45) is 0. The van der Waals surface area contributed by atoms with E-state index in [1.165, 1.54) is 47.7 Å². The summed E-state index contributed by atoms with van der Waals surface area (Å²) in [5.41, 5.74) is 0.497. The second kappa shape index (κ2) is 7.83. The molecule has 2 N–H and O–H groups in total. The van der Waals surface area contributed by atoms with Gasteiger partial charge in [0.1, 0.15) is 46.9 Å². The van der Waals surface area contributed by atoms with Crippen LogP contribution in [0.4, 0.5) is 4.39 Å². The van der Waals surface area contributed by atoms with Crippen LogP contribution >= 0.6 is 11.3 Å². The Kier molecular flexibility index (Phi) is 5.33. The molecule has 3 aromatic rings. The van der Waals surface area contributed by atoms with E-state index in [1.807, 2.05) is 0 Å². The first-order chi connectivity index (χ1) is 12.5. The number of hydrogen-bond acceptors (Lipinski definition) is 7. The topological polar surface area (TPSA) is 88.9 Å². The van der Waals surface area contributed by atoms with E-state index in [9.17, 15) is 19.4 Å². The molecule has 6 nitrogen and oxygen atoms in total. The van der Waals surface area contributed by atoms with Crippen molar-refractivity contribution >= 4 is 17.3 Å². The summed E-state index contributed by atoms with van der Waals surface area (Å²) in [5, 5.41) is 21.3. The third-order valence-corrected chi connectivity index (χ3v) is 4.20. The molecular formula is C18H14FNO5S. The van der Waals surface area contributed by atoms with E-state index < -0.39 is 5.97 Å². The second-order valence-corrected chi connectivity index (χ2v) is 6.20. The van der Waals surface area contributed by atoms with Crippen LogP contribution in [0, 0.1) is 5.82 Å². The van der Waals surface area contributed by atoms with E-state index in [-0.39, 0.29) is 36.1 Å².